The summed E-state index contributed by atoms with van der Waals surface area (Å²) in [6, 6.07) is 24.2. The van der Waals surface area contributed by atoms with Crippen molar-refractivity contribution in [2.75, 3.05) is 15.5 Å². The second-order valence-corrected chi connectivity index (χ2v) is 8.76. The van der Waals surface area contributed by atoms with Crippen molar-refractivity contribution in [2.45, 2.75) is 4.90 Å². The Morgan fingerprint density at radius 3 is 2.19 bits per heavy atom. The molecule has 1 aromatic heterocycles. The quantitative estimate of drug-likeness (QED) is 0.319. The van der Waals surface area contributed by atoms with Crippen LogP contribution in [0.15, 0.2) is 117 Å². The first kappa shape index (κ1) is 23.1. The number of nitrogens with zero attached hydrogens (tertiary/aromatic N) is 1. The fourth-order valence-electron chi connectivity index (χ4n) is 3.53. The molecule has 0 fully saturated rings. The van der Waals surface area contributed by atoms with Gasteiger partial charge in [0.25, 0.3) is 17.7 Å². The summed E-state index contributed by atoms with van der Waals surface area (Å²) in [5.74, 6) is -1.73. The molecule has 9 heteroatoms. The smallest absolute Gasteiger partial charge is 0.291 e. The van der Waals surface area contributed by atoms with Gasteiger partial charge in [-0.25, -0.2) is 9.29 Å². The maximum absolute atomic E-state index is 13.4. The number of hydrogen-bond donors (Lipinski definition) is 2. The molecule has 0 aliphatic carbocycles. The first-order valence-electron chi connectivity index (χ1n) is 10.8. The summed E-state index contributed by atoms with van der Waals surface area (Å²) >= 11 is 1.12. The third-order valence-electron chi connectivity index (χ3n) is 5.25. The Balaban J connectivity index is 1.41. The minimum absolute atomic E-state index is 0.121. The van der Waals surface area contributed by atoms with Crippen LogP contribution in [-0.4, -0.2) is 17.7 Å². The molecule has 7 nitrogen and oxygen atoms in total. The third kappa shape index (κ3) is 4.77. The molecule has 3 aromatic carbocycles. The van der Waals surface area contributed by atoms with E-state index in [1.54, 1.807) is 48.5 Å². The lowest BCUT2D eigenvalue weighted by Gasteiger charge is -2.15. The molecule has 3 amide bonds. The standard InChI is InChI=1S/C27H18FN3O4S/c28-17-8-12-20(13-9-17)31-26(33)23(29-18-5-2-1-3-6-18)24(27(31)34)36-21-14-10-19(11-15-21)30-25(32)22-7-4-16-35-22/h1-16,29H,(H,30,32). The lowest BCUT2D eigenvalue weighted by atomic mass is 10.3. The van der Waals surface area contributed by atoms with Crippen LogP contribution >= 0.6 is 11.8 Å². The van der Waals surface area contributed by atoms with E-state index in [1.165, 1.54) is 30.5 Å². The number of thioether (sulfide) groups is 1. The zero-order valence-electron chi connectivity index (χ0n) is 18.6. The number of imide groups is 1. The van der Waals surface area contributed by atoms with Crippen molar-refractivity contribution in [1.29, 1.82) is 0 Å². The molecule has 0 unspecified atom stereocenters. The molecule has 0 saturated carbocycles. The average Bonchev–Trinajstić information content (AvgIpc) is 3.51. The highest BCUT2D eigenvalue weighted by molar-refractivity contribution is 8.04. The van der Waals surface area contributed by atoms with Gasteiger partial charge in [0.15, 0.2) is 5.76 Å². The molecule has 0 spiro atoms. The van der Waals surface area contributed by atoms with Crippen LogP contribution in [0, 0.1) is 5.82 Å². The highest BCUT2D eigenvalue weighted by Crippen LogP contribution is 2.38. The number of furan rings is 1. The molecular weight excluding hydrogens is 481 g/mol. The normalized spacial score (nSPS) is 13.3. The Hall–Kier alpha value is -4.63. The van der Waals surface area contributed by atoms with E-state index in [9.17, 15) is 18.8 Å². The number of amides is 3. The molecule has 0 bridgehead atoms. The van der Waals surface area contributed by atoms with E-state index in [2.05, 4.69) is 10.6 Å². The van der Waals surface area contributed by atoms with Gasteiger partial charge in [0, 0.05) is 16.3 Å². The van der Waals surface area contributed by atoms with Crippen LogP contribution in [0.25, 0.3) is 0 Å². The SMILES string of the molecule is O=C(Nc1ccc(SC2=C(Nc3ccccc3)C(=O)N(c3ccc(F)cc3)C2=O)cc1)c1ccco1. The van der Waals surface area contributed by atoms with Gasteiger partial charge >= 0.3 is 0 Å². The van der Waals surface area contributed by atoms with Crippen molar-refractivity contribution in [3.63, 3.8) is 0 Å². The molecule has 36 heavy (non-hydrogen) atoms. The van der Waals surface area contributed by atoms with Crippen LogP contribution in [-0.2, 0) is 9.59 Å². The number of carbonyl (C=O) groups is 3. The molecule has 1 aliphatic rings. The summed E-state index contributed by atoms with van der Waals surface area (Å²) in [6.45, 7) is 0. The number of hydrogen-bond acceptors (Lipinski definition) is 6. The molecule has 1 aliphatic heterocycles. The second kappa shape index (κ2) is 9.93. The van der Waals surface area contributed by atoms with Crippen LogP contribution in [0.2, 0.25) is 0 Å². The van der Waals surface area contributed by atoms with Gasteiger partial charge in [-0.2, -0.15) is 0 Å². The molecule has 0 saturated heterocycles. The average molecular weight is 500 g/mol. The summed E-state index contributed by atoms with van der Waals surface area (Å²) in [4.78, 5) is 40.8. The summed E-state index contributed by atoms with van der Waals surface area (Å²) in [7, 11) is 0. The van der Waals surface area contributed by atoms with E-state index in [0.29, 0.717) is 16.3 Å². The fourth-order valence-corrected chi connectivity index (χ4v) is 4.46. The van der Waals surface area contributed by atoms with Gasteiger partial charge in [0.1, 0.15) is 16.4 Å². The van der Waals surface area contributed by atoms with Gasteiger partial charge in [-0.15, -0.1) is 0 Å². The Morgan fingerprint density at radius 2 is 1.53 bits per heavy atom. The summed E-state index contributed by atoms with van der Waals surface area (Å²) in [5.41, 5.74) is 1.57. The van der Waals surface area contributed by atoms with Gasteiger partial charge in [0.05, 0.1) is 12.0 Å². The van der Waals surface area contributed by atoms with Crippen LogP contribution in [0.4, 0.5) is 21.5 Å². The van der Waals surface area contributed by atoms with Crippen molar-refractivity contribution in [3.05, 3.63) is 119 Å². The molecule has 178 valence electrons. The maximum Gasteiger partial charge on any atom is 0.291 e. The van der Waals surface area contributed by atoms with Gasteiger partial charge < -0.3 is 15.1 Å². The van der Waals surface area contributed by atoms with E-state index in [-0.39, 0.29) is 28.0 Å². The van der Waals surface area contributed by atoms with Gasteiger partial charge in [-0.1, -0.05) is 30.0 Å². The van der Waals surface area contributed by atoms with Crippen molar-refractivity contribution in [2.24, 2.45) is 0 Å². The Kier molecular flexibility index (Phi) is 6.38. The Bertz CT molecular complexity index is 1450. The van der Waals surface area contributed by atoms with E-state index in [4.69, 9.17) is 4.42 Å². The summed E-state index contributed by atoms with van der Waals surface area (Å²) in [5, 5.41) is 5.79. The number of nitrogens with one attached hydrogen (secondary N) is 2. The van der Waals surface area contributed by atoms with E-state index >= 15 is 0 Å². The van der Waals surface area contributed by atoms with Crippen LogP contribution < -0.4 is 15.5 Å². The van der Waals surface area contributed by atoms with E-state index in [1.807, 2.05) is 18.2 Å². The van der Waals surface area contributed by atoms with Crippen molar-refractivity contribution in [1.82, 2.24) is 0 Å². The summed E-state index contributed by atoms with van der Waals surface area (Å²) < 4.78 is 18.5. The van der Waals surface area contributed by atoms with Gasteiger partial charge in [0.2, 0.25) is 0 Å². The van der Waals surface area contributed by atoms with E-state index in [0.717, 1.165) is 16.7 Å². The number of rotatable bonds is 7. The largest absolute Gasteiger partial charge is 0.459 e. The van der Waals surface area contributed by atoms with Gasteiger partial charge in [-0.05, 0) is 72.8 Å². The number of halogens is 1. The molecular formula is C27H18FN3O4S. The molecule has 0 radical (unpaired) electrons. The van der Waals surface area contributed by atoms with Gasteiger partial charge in [-0.3, -0.25) is 14.4 Å². The fraction of sp³-hybridized carbons (Fsp3) is 0. The molecule has 4 aromatic rings. The lowest BCUT2D eigenvalue weighted by molar-refractivity contribution is -0.120. The highest BCUT2D eigenvalue weighted by atomic mass is 32.2. The number of benzene rings is 3. The minimum atomic E-state index is -0.541. The van der Waals surface area contributed by atoms with Crippen LogP contribution in [0.5, 0.6) is 0 Å². The second-order valence-electron chi connectivity index (χ2n) is 7.68. The van der Waals surface area contributed by atoms with Crippen molar-refractivity contribution < 1.29 is 23.2 Å². The first-order valence-corrected chi connectivity index (χ1v) is 11.6. The zero-order chi connectivity index (χ0) is 25.1. The Labute approximate surface area is 209 Å². The van der Waals surface area contributed by atoms with Crippen LogP contribution in [0.3, 0.4) is 0 Å². The predicted molar refractivity (Wildman–Crippen MR) is 135 cm³/mol. The lowest BCUT2D eigenvalue weighted by Crippen LogP contribution is -2.32. The molecule has 5 rings (SSSR count). The molecule has 0 atom stereocenters. The summed E-state index contributed by atoms with van der Waals surface area (Å²) in [6.07, 6.45) is 1.42. The monoisotopic (exact) mass is 499 g/mol. The maximum atomic E-state index is 13.4. The van der Waals surface area contributed by atoms with Crippen molar-refractivity contribution in [3.8, 4) is 0 Å². The number of carbonyl (C=O) groups excluding carboxylic acids is 3. The predicted octanol–water partition coefficient (Wildman–Crippen LogP) is 5.66. The van der Waals surface area contributed by atoms with E-state index < -0.39 is 17.6 Å². The minimum Gasteiger partial charge on any atom is -0.459 e. The Morgan fingerprint density at radius 1 is 0.806 bits per heavy atom. The molecule has 2 N–H and O–H groups in total. The highest BCUT2D eigenvalue weighted by Gasteiger charge is 2.40. The number of para-hydroxylation sites is 1. The zero-order valence-corrected chi connectivity index (χ0v) is 19.4. The van der Waals surface area contributed by atoms with Crippen molar-refractivity contribution >= 4 is 46.5 Å². The third-order valence-corrected chi connectivity index (χ3v) is 6.34. The topological polar surface area (TPSA) is 91.7 Å². The molecule has 2 heterocycles. The first-order chi connectivity index (χ1) is 17.5. The number of anilines is 3. The van der Waals surface area contributed by atoms with Crippen LogP contribution in [0.1, 0.15) is 10.6 Å².